The van der Waals surface area contributed by atoms with E-state index in [1.165, 1.54) is 16.3 Å². The number of ether oxygens (including phenoxy) is 1. The highest BCUT2D eigenvalue weighted by molar-refractivity contribution is 6.42. The maximum atomic E-state index is 12.3. The molecular weight excluding hydrogens is 378 g/mol. The molecule has 150 valence electrons. The van der Waals surface area contributed by atoms with E-state index in [9.17, 15) is 14.7 Å². The molecule has 4 rings (SSSR count). The average molecular weight is 399 g/mol. The third-order valence-corrected chi connectivity index (χ3v) is 5.16. The topological polar surface area (TPSA) is 68.5 Å². The van der Waals surface area contributed by atoms with Crippen molar-refractivity contribution < 1.29 is 19.4 Å². The summed E-state index contributed by atoms with van der Waals surface area (Å²) in [6, 6.07) is 19.8. The first kappa shape index (κ1) is 19.5. The van der Waals surface area contributed by atoms with Gasteiger partial charge in [-0.1, -0.05) is 55.1 Å². The van der Waals surface area contributed by atoms with Crippen LogP contribution in [0.1, 0.15) is 15.9 Å². The van der Waals surface area contributed by atoms with Crippen molar-refractivity contribution in [2.24, 2.45) is 0 Å². The van der Waals surface area contributed by atoms with Gasteiger partial charge in [0.25, 0.3) is 5.78 Å². The van der Waals surface area contributed by atoms with Gasteiger partial charge < -0.3 is 14.4 Å². The van der Waals surface area contributed by atoms with Crippen LogP contribution in [0.15, 0.2) is 79.5 Å². The second-order valence-electron chi connectivity index (χ2n) is 7.04. The third kappa shape index (κ3) is 3.70. The number of aliphatic carboxylic acids is 1. The molecule has 0 bridgehead atoms. The highest BCUT2D eigenvalue weighted by atomic mass is 16.5. The van der Waals surface area contributed by atoms with Gasteiger partial charge in [-0.2, -0.15) is 0 Å². The first-order chi connectivity index (χ1) is 14.6. The highest BCUT2D eigenvalue weighted by Crippen LogP contribution is 2.28. The largest absolute Gasteiger partial charge is 0.490 e. The van der Waals surface area contributed by atoms with Crippen LogP contribution in [-0.2, 0) is 17.8 Å². The van der Waals surface area contributed by atoms with Gasteiger partial charge in [0.1, 0.15) is 12.4 Å². The SMILES string of the molecule is C=CCOc1ccc2c(c1)c(C(=O)C(=O)O)cn2CCc1cccc2ccccc12. The van der Waals surface area contributed by atoms with Crippen LogP contribution in [0, 0.1) is 0 Å². The molecule has 0 fully saturated rings. The molecule has 1 aromatic heterocycles. The Morgan fingerprint density at radius 1 is 1.03 bits per heavy atom. The van der Waals surface area contributed by atoms with Gasteiger partial charge in [0, 0.05) is 23.6 Å². The molecule has 4 aromatic rings. The monoisotopic (exact) mass is 399 g/mol. The molecule has 0 radical (unpaired) electrons. The molecule has 0 saturated heterocycles. The van der Waals surface area contributed by atoms with Crippen molar-refractivity contribution in [2.75, 3.05) is 6.61 Å². The van der Waals surface area contributed by atoms with Gasteiger partial charge in [-0.3, -0.25) is 4.79 Å². The summed E-state index contributed by atoms with van der Waals surface area (Å²) < 4.78 is 7.49. The highest BCUT2D eigenvalue weighted by Gasteiger charge is 2.21. The summed E-state index contributed by atoms with van der Waals surface area (Å²) in [4.78, 5) is 23.6. The van der Waals surface area contributed by atoms with E-state index in [0.717, 1.165) is 11.9 Å². The van der Waals surface area contributed by atoms with Gasteiger partial charge in [-0.25, -0.2) is 4.79 Å². The second-order valence-corrected chi connectivity index (χ2v) is 7.04. The lowest BCUT2D eigenvalue weighted by molar-refractivity contribution is -0.131. The number of hydrogen-bond donors (Lipinski definition) is 1. The Kier molecular flexibility index (Phi) is 5.35. The van der Waals surface area contributed by atoms with E-state index >= 15 is 0 Å². The zero-order valence-electron chi connectivity index (χ0n) is 16.4. The summed E-state index contributed by atoms with van der Waals surface area (Å²) in [6.07, 6.45) is 4.01. The Labute approximate surface area is 173 Å². The lowest BCUT2D eigenvalue weighted by Gasteiger charge is -2.09. The van der Waals surface area contributed by atoms with Gasteiger partial charge in [0.2, 0.25) is 0 Å². The fourth-order valence-corrected chi connectivity index (χ4v) is 3.75. The van der Waals surface area contributed by atoms with Crippen LogP contribution in [0.5, 0.6) is 5.75 Å². The van der Waals surface area contributed by atoms with Crippen LogP contribution >= 0.6 is 0 Å². The number of carboxylic acid groups (broad SMARTS) is 1. The summed E-state index contributed by atoms with van der Waals surface area (Å²) in [5.41, 5.74) is 2.16. The number of aryl methyl sites for hydroxylation is 2. The summed E-state index contributed by atoms with van der Waals surface area (Å²) in [5.74, 6) is -1.83. The van der Waals surface area contributed by atoms with Crippen LogP contribution in [0.4, 0.5) is 0 Å². The summed E-state index contributed by atoms with van der Waals surface area (Å²) in [6.45, 7) is 4.57. The number of fused-ring (bicyclic) bond motifs is 2. The van der Waals surface area contributed by atoms with Crippen LogP contribution in [-0.4, -0.2) is 28.0 Å². The molecule has 5 heteroatoms. The molecular formula is C25H21NO4. The summed E-state index contributed by atoms with van der Waals surface area (Å²) >= 11 is 0. The van der Waals surface area contributed by atoms with E-state index in [0.29, 0.717) is 24.3 Å². The van der Waals surface area contributed by atoms with Crippen LogP contribution < -0.4 is 4.74 Å². The smallest absolute Gasteiger partial charge is 0.377 e. The molecule has 0 aliphatic rings. The van der Waals surface area contributed by atoms with Crippen molar-refractivity contribution >= 4 is 33.4 Å². The number of hydrogen-bond acceptors (Lipinski definition) is 3. The van der Waals surface area contributed by atoms with E-state index in [1.54, 1.807) is 18.3 Å². The predicted octanol–water partition coefficient (Wildman–Crippen LogP) is 4.87. The number of benzene rings is 3. The normalized spacial score (nSPS) is 10.9. The third-order valence-electron chi connectivity index (χ3n) is 5.16. The molecule has 0 amide bonds. The molecule has 1 heterocycles. The number of carboxylic acids is 1. The minimum atomic E-state index is -1.47. The number of carbonyl (C=O) groups is 2. The van der Waals surface area contributed by atoms with Gasteiger partial charge in [-0.05, 0) is 41.0 Å². The van der Waals surface area contributed by atoms with Crippen LogP contribution in [0.25, 0.3) is 21.7 Å². The molecule has 3 aromatic carbocycles. The number of ketones is 1. The van der Waals surface area contributed by atoms with Crippen LogP contribution in [0.3, 0.4) is 0 Å². The number of Topliss-reactive ketones (excluding diaryl/α,β-unsaturated/α-hetero) is 1. The fourth-order valence-electron chi connectivity index (χ4n) is 3.75. The van der Waals surface area contributed by atoms with Gasteiger partial charge in [0.15, 0.2) is 0 Å². The van der Waals surface area contributed by atoms with Crippen molar-refractivity contribution in [3.63, 3.8) is 0 Å². The lowest BCUT2D eigenvalue weighted by Crippen LogP contribution is -2.12. The number of carbonyl (C=O) groups excluding carboxylic acids is 1. The quantitative estimate of drug-likeness (QED) is 0.261. The van der Waals surface area contributed by atoms with Crippen molar-refractivity contribution in [2.45, 2.75) is 13.0 Å². The van der Waals surface area contributed by atoms with Gasteiger partial charge >= 0.3 is 5.97 Å². The molecule has 0 atom stereocenters. The van der Waals surface area contributed by atoms with Crippen molar-refractivity contribution in [1.29, 1.82) is 0 Å². The second kappa shape index (κ2) is 8.25. The molecule has 0 aliphatic heterocycles. The Balaban J connectivity index is 1.72. The fraction of sp³-hybridized carbons (Fsp3) is 0.120. The first-order valence-electron chi connectivity index (χ1n) is 9.69. The minimum absolute atomic E-state index is 0.166. The van der Waals surface area contributed by atoms with E-state index < -0.39 is 11.8 Å². The zero-order valence-corrected chi connectivity index (χ0v) is 16.4. The van der Waals surface area contributed by atoms with E-state index in [2.05, 4.69) is 30.8 Å². The molecule has 30 heavy (non-hydrogen) atoms. The molecule has 0 unspecified atom stereocenters. The van der Waals surface area contributed by atoms with Crippen molar-refractivity contribution in [1.82, 2.24) is 4.57 Å². The van der Waals surface area contributed by atoms with Crippen molar-refractivity contribution in [3.05, 3.63) is 90.6 Å². The van der Waals surface area contributed by atoms with Crippen LogP contribution in [0.2, 0.25) is 0 Å². The minimum Gasteiger partial charge on any atom is -0.490 e. The Morgan fingerprint density at radius 3 is 2.63 bits per heavy atom. The zero-order chi connectivity index (χ0) is 21.1. The molecule has 5 nitrogen and oxygen atoms in total. The number of nitrogens with zero attached hydrogens (tertiary/aromatic N) is 1. The Morgan fingerprint density at radius 2 is 1.83 bits per heavy atom. The maximum Gasteiger partial charge on any atom is 0.377 e. The standard InChI is InChI=1S/C25H21NO4/c1-2-14-30-19-10-11-23-21(15-19)22(24(27)25(28)29)16-26(23)13-12-18-8-5-7-17-6-3-4-9-20(17)18/h2-11,15-16H,1,12-14H2,(H,28,29). The summed E-state index contributed by atoms with van der Waals surface area (Å²) in [5, 5.41) is 12.2. The molecule has 0 spiro atoms. The van der Waals surface area contributed by atoms with E-state index in [-0.39, 0.29) is 5.56 Å². The van der Waals surface area contributed by atoms with E-state index in [4.69, 9.17) is 4.74 Å². The average Bonchev–Trinajstić information content (AvgIpc) is 3.13. The Bertz CT molecular complexity index is 1260. The lowest BCUT2D eigenvalue weighted by atomic mass is 10.0. The molecule has 1 N–H and O–H groups in total. The first-order valence-corrected chi connectivity index (χ1v) is 9.69. The summed E-state index contributed by atoms with van der Waals surface area (Å²) in [7, 11) is 0. The van der Waals surface area contributed by atoms with Crippen molar-refractivity contribution in [3.8, 4) is 5.75 Å². The molecule has 0 aliphatic carbocycles. The number of rotatable bonds is 8. The van der Waals surface area contributed by atoms with Gasteiger partial charge in [-0.15, -0.1) is 0 Å². The Hall–Kier alpha value is -3.86. The van der Waals surface area contributed by atoms with Gasteiger partial charge in [0.05, 0.1) is 5.56 Å². The number of aromatic nitrogens is 1. The van der Waals surface area contributed by atoms with E-state index in [1.807, 2.05) is 34.9 Å². The molecule has 0 saturated carbocycles. The maximum absolute atomic E-state index is 12.3. The predicted molar refractivity (Wildman–Crippen MR) is 117 cm³/mol.